The number of thiazole rings is 3. The average Bonchev–Trinajstić information content (AvgIpc) is 3.87. The van der Waals surface area contributed by atoms with Gasteiger partial charge in [-0.2, -0.15) is 0 Å². The van der Waals surface area contributed by atoms with E-state index in [4.69, 9.17) is 14.2 Å². The number of nitrogens with one attached hydrogen (secondary N) is 3. The van der Waals surface area contributed by atoms with Crippen molar-refractivity contribution in [1.82, 2.24) is 15.0 Å². The lowest BCUT2D eigenvalue weighted by molar-refractivity contribution is 0.0624. The summed E-state index contributed by atoms with van der Waals surface area (Å²) in [4.78, 5) is 57.3. The largest absolute Gasteiger partial charge is 0.444 e. The predicted molar refractivity (Wildman–Crippen MR) is 239 cm³/mol. The minimum atomic E-state index is -0.575. The first kappa shape index (κ1) is 48.4. The smallest absolute Gasteiger partial charge is 0.413 e. The molecule has 2 aromatic carbocycles. The summed E-state index contributed by atoms with van der Waals surface area (Å²) >= 11 is 3.90. The summed E-state index contributed by atoms with van der Waals surface area (Å²) in [7, 11) is 0. The van der Waals surface area contributed by atoms with Gasteiger partial charge in [-0.15, -0.1) is 34.0 Å². The number of hydrogen-bond donors (Lipinski definition) is 3. The third-order valence-electron chi connectivity index (χ3n) is 6.00. The molecule has 310 valence electrons. The van der Waals surface area contributed by atoms with Gasteiger partial charge in [-0.25, -0.2) is 29.3 Å². The Bertz CT molecular complexity index is 1980. The number of anilines is 3. The number of nitrogens with zero attached hydrogens (tertiary/aromatic N) is 3. The zero-order valence-corrected chi connectivity index (χ0v) is 35.8. The van der Waals surface area contributed by atoms with E-state index in [2.05, 4.69) is 30.9 Å². The molecule has 3 N–H and O–H groups in total. The van der Waals surface area contributed by atoms with Gasteiger partial charge < -0.3 is 14.2 Å². The van der Waals surface area contributed by atoms with E-state index in [0.29, 0.717) is 27.4 Å². The molecule has 0 aliphatic heterocycles. The van der Waals surface area contributed by atoms with Gasteiger partial charge in [-0.05, 0) is 85.6 Å². The molecule has 13 nitrogen and oxygen atoms in total. The Balaban J connectivity index is 0.000000302. The van der Waals surface area contributed by atoms with Gasteiger partial charge in [0.25, 0.3) is 0 Å². The molecule has 3 amide bonds. The van der Waals surface area contributed by atoms with E-state index < -0.39 is 35.1 Å². The van der Waals surface area contributed by atoms with Crippen LogP contribution < -0.4 is 16.0 Å². The maximum Gasteiger partial charge on any atom is 0.413 e. The quantitative estimate of drug-likeness (QED) is 0.101. The van der Waals surface area contributed by atoms with Crippen molar-refractivity contribution in [2.75, 3.05) is 16.0 Å². The molecular formula is C42H52N6O7S3. The van der Waals surface area contributed by atoms with E-state index in [9.17, 15) is 19.2 Å². The summed E-state index contributed by atoms with van der Waals surface area (Å²) < 4.78 is 15.4. The number of carbonyl (C=O) groups is 4. The number of amides is 3. The molecule has 58 heavy (non-hydrogen) atoms. The summed E-state index contributed by atoms with van der Waals surface area (Å²) in [6, 6.07) is 19.9. The van der Waals surface area contributed by atoms with Gasteiger partial charge >= 0.3 is 18.3 Å². The van der Waals surface area contributed by atoms with Crippen LogP contribution in [-0.4, -0.2) is 56.3 Å². The van der Waals surface area contributed by atoms with Crippen molar-refractivity contribution in [2.24, 2.45) is 0 Å². The van der Waals surface area contributed by atoms with Gasteiger partial charge in [0, 0.05) is 16.1 Å². The fourth-order valence-electron chi connectivity index (χ4n) is 3.90. The fourth-order valence-corrected chi connectivity index (χ4v) is 5.87. The predicted octanol–water partition coefficient (Wildman–Crippen LogP) is 12.3. The number of ether oxygens (including phenoxy) is 3. The number of aromatic nitrogens is 3. The van der Waals surface area contributed by atoms with Crippen molar-refractivity contribution < 1.29 is 33.4 Å². The Morgan fingerprint density at radius 3 is 1.07 bits per heavy atom. The van der Waals surface area contributed by atoms with Gasteiger partial charge in [0.2, 0.25) is 0 Å². The Morgan fingerprint density at radius 2 is 0.793 bits per heavy atom. The first-order valence-electron chi connectivity index (χ1n) is 17.5. The highest BCUT2D eigenvalue weighted by atomic mass is 32.1. The highest BCUT2D eigenvalue weighted by Crippen LogP contribution is 2.21. The van der Waals surface area contributed by atoms with Crippen LogP contribution in [-0.2, 0) is 14.2 Å². The topological polar surface area (TPSA) is 171 Å². The molecule has 5 rings (SSSR count). The van der Waals surface area contributed by atoms with E-state index in [1.54, 1.807) is 26.2 Å². The minimum absolute atomic E-state index is 0. The molecule has 0 spiro atoms. The van der Waals surface area contributed by atoms with Crippen LogP contribution in [0.1, 0.15) is 103 Å². The zero-order chi connectivity index (χ0) is 42.1. The highest BCUT2D eigenvalue weighted by Gasteiger charge is 2.19. The lowest BCUT2D eigenvalue weighted by atomic mass is 10.2. The van der Waals surface area contributed by atoms with Gasteiger partial charge in [0.05, 0.1) is 11.4 Å². The molecular weight excluding hydrogens is 797 g/mol. The molecule has 0 fully saturated rings. The number of aldehydes is 1. The van der Waals surface area contributed by atoms with E-state index in [-0.39, 0.29) is 7.43 Å². The third kappa shape index (κ3) is 21.0. The van der Waals surface area contributed by atoms with Crippen LogP contribution >= 0.6 is 34.0 Å². The summed E-state index contributed by atoms with van der Waals surface area (Å²) in [6.07, 6.45) is 6.84. The second kappa shape index (κ2) is 22.9. The lowest BCUT2D eigenvalue weighted by Crippen LogP contribution is -2.27. The van der Waals surface area contributed by atoms with Crippen molar-refractivity contribution in [2.45, 2.75) is 86.5 Å². The number of rotatable bonds is 8. The molecule has 3 heterocycles. The molecule has 5 aromatic rings. The Kier molecular flexibility index (Phi) is 19.1. The van der Waals surface area contributed by atoms with Crippen LogP contribution in [0.3, 0.4) is 0 Å². The SMILES string of the molecule is C.CC(C)(C)OC(=O)Nc1nc(/C=C/c2ccccc2)cs1.CC(C)(C)OC(=O)Nc1nc(/C=C\c2ccccc2)cs1.CC(C)(C)OC(=O)Nc1nc(C=O)cs1. The van der Waals surface area contributed by atoms with E-state index in [1.165, 1.54) is 34.0 Å². The molecule has 0 saturated carbocycles. The maximum absolute atomic E-state index is 11.6. The van der Waals surface area contributed by atoms with Crippen molar-refractivity contribution in [3.8, 4) is 0 Å². The van der Waals surface area contributed by atoms with Gasteiger partial charge in [-0.1, -0.05) is 80.2 Å². The monoisotopic (exact) mass is 848 g/mol. The molecule has 0 radical (unpaired) electrons. The average molecular weight is 849 g/mol. The molecule has 16 heteroatoms. The molecule has 3 aromatic heterocycles. The molecule has 0 aliphatic carbocycles. The van der Waals surface area contributed by atoms with E-state index in [1.807, 2.05) is 137 Å². The van der Waals surface area contributed by atoms with Crippen LogP contribution in [0.2, 0.25) is 0 Å². The first-order valence-corrected chi connectivity index (χ1v) is 20.2. The normalized spacial score (nSPS) is 11.2. The van der Waals surface area contributed by atoms with Crippen LogP contribution in [0, 0.1) is 0 Å². The molecule has 0 unspecified atom stereocenters. The molecule has 0 saturated heterocycles. The van der Waals surface area contributed by atoms with Crippen molar-refractivity contribution in [1.29, 1.82) is 0 Å². The highest BCUT2D eigenvalue weighted by molar-refractivity contribution is 7.14. The van der Waals surface area contributed by atoms with Crippen molar-refractivity contribution >= 4 is 98.3 Å². The molecule has 0 bridgehead atoms. The maximum atomic E-state index is 11.6. The Hall–Kier alpha value is -5.71. The van der Waals surface area contributed by atoms with Crippen LogP contribution in [0.25, 0.3) is 24.3 Å². The van der Waals surface area contributed by atoms with Gasteiger partial charge in [-0.3, -0.25) is 20.7 Å². The third-order valence-corrected chi connectivity index (χ3v) is 8.33. The van der Waals surface area contributed by atoms with Crippen LogP contribution in [0.5, 0.6) is 0 Å². The standard InChI is InChI=1S/2C16H18N2O2S.C9H12N2O3S.CH4/c2*1-16(2,3)20-15(19)18-14-17-13(11-21-14)10-9-12-7-5-4-6-8-12;1-9(2,3)14-8(13)11-7-10-6(4-12)5-15-7;/h2*4-11H,1-3H3,(H,17,18,19);4-5H,1-3H3,(H,10,11,13);1H4/b10-9+;10-9-;;. The summed E-state index contributed by atoms with van der Waals surface area (Å²) in [5, 5.41) is 14.4. The second-order valence-electron chi connectivity index (χ2n) is 14.7. The van der Waals surface area contributed by atoms with E-state index >= 15 is 0 Å². The van der Waals surface area contributed by atoms with E-state index in [0.717, 1.165) is 22.5 Å². The minimum Gasteiger partial charge on any atom is -0.444 e. The van der Waals surface area contributed by atoms with Gasteiger partial charge in [0.1, 0.15) is 22.5 Å². The number of carbonyl (C=O) groups excluding carboxylic acids is 4. The van der Waals surface area contributed by atoms with Crippen LogP contribution in [0.4, 0.5) is 29.8 Å². The Morgan fingerprint density at radius 1 is 0.500 bits per heavy atom. The zero-order valence-electron chi connectivity index (χ0n) is 33.3. The summed E-state index contributed by atoms with van der Waals surface area (Å²) in [5.74, 6) is 0. The summed E-state index contributed by atoms with van der Waals surface area (Å²) in [5.41, 5.74) is 2.53. The lowest BCUT2D eigenvalue weighted by Gasteiger charge is -2.18. The fraction of sp³-hybridized carbons (Fsp3) is 0.310. The summed E-state index contributed by atoms with van der Waals surface area (Å²) in [6.45, 7) is 16.2. The molecule has 0 atom stereocenters. The van der Waals surface area contributed by atoms with Crippen molar-refractivity contribution in [3.05, 3.63) is 105 Å². The number of hydrogen-bond acceptors (Lipinski definition) is 13. The first-order chi connectivity index (χ1) is 26.7. The van der Waals surface area contributed by atoms with Gasteiger partial charge in [0.15, 0.2) is 21.7 Å². The van der Waals surface area contributed by atoms with Crippen LogP contribution in [0.15, 0.2) is 76.8 Å². The number of benzene rings is 2. The molecule has 0 aliphatic rings. The van der Waals surface area contributed by atoms with Crippen molar-refractivity contribution in [3.63, 3.8) is 0 Å². The Labute approximate surface area is 352 Å². The second-order valence-corrected chi connectivity index (χ2v) is 17.3.